The predicted molar refractivity (Wildman–Crippen MR) is 70.1 cm³/mol. The largest absolute Gasteiger partial charge is 0.399 e. The Morgan fingerprint density at radius 3 is 2.78 bits per heavy atom. The molecule has 6 heteroatoms. The van der Waals surface area contributed by atoms with Gasteiger partial charge >= 0.3 is 0 Å². The van der Waals surface area contributed by atoms with E-state index in [9.17, 15) is 0 Å². The molecule has 2 N–H and O–H groups in total. The average Bonchev–Trinajstić information content (AvgIpc) is 2.40. The fourth-order valence-electron chi connectivity index (χ4n) is 1.57. The van der Waals surface area contributed by atoms with Crippen LogP contribution < -0.4 is 5.73 Å². The number of nitrogen functional groups attached to an aromatic ring is 1. The lowest BCUT2D eigenvalue weighted by Crippen LogP contribution is -1.90. The van der Waals surface area contributed by atoms with E-state index in [1.807, 2.05) is 24.3 Å². The highest BCUT2D eigenvalue weighted by molar-refractivity contribution is 7.99. The monoisotopic (exact) mass is 255 g/mol. The summed E-state index contributed by atoms with van der Waals surface area (Å²) in [5, 5.41) is 2.68. The van der Waals surface area contributed by atoms with Crippen molar-refractivity contribution >= 4 is 28.4 Å². The van der Waals surface area contributed by atoms with E-state index in [1.54, 1.807) is 6.20 Å². The molecule has 0 unspecified atom stereocenters. The van der Waals surface area contributed by atoms with Crippen molar-refractivity contribution in [1.29, 1.82) is 0 Å². The van der Waals surface area contributed by atoms with Crippen molar-refractivity contribution in [1.82, 2.24) is 19.9 Å². The highest BCUT2D eigenvalue weighted by Crippen LogP contribution is 2.29. The van der Waals surface area contributed by atoms with Crippen molar-refractivity contribution in [3.8, 4) is 0 Å². The second kappa shape index (κ2) is 4.58. The standard InChI is InChI=1S/C12H9N5S/c13-8-1-2-9-10(5-8)15-7-17-12(9)18-11-3-4-14-6-16-11/h1-7H,13H2. The van der Waals surface area contributed by atoms with Crippen molar-refractivity contribution in [3.05, 3.63) is 43.1 Å². The third kappa shape index (κ3) is 2.10. The number of anilines is 1. The Hall–Kier alpha value is -2.21. The molecule has 1 aromatic carbocycles. The zero-order valence-electron chi connectivity index (χ0n) is 9.32. The Balaban J connectivity index is 2.07. The van der Waals surface area contributed by atoms with Crippen LogP contribution in [0.3, 0.4) is 0 Å². The minimum atomic E-state index is 0.694. The van der Waals surface area contributed by atoms with Gasteiger partial charge in [-0.05, 0) is 36.0 Å². The Bertz CT molecular complexity index is 686. The molecule has 0 spiro atoms. The predicted octanol–water partition coefficient (Wildman–Crippen LogP) is 2.15. The number of nitrogens with zero attached hydrogens (tertiary/aromatic N) is 4. The molecule has 3 aromatic rings. The molecule has 88 valence electrons. The Labute approximate surface area is 108 Å². The van der Waals surface area contributed by atoms with Gasteiger partial charge in [0, 0.05) is 17.3 Å². The van der Waals surface area contributed by atoms with Gasteiger partial charge in [-0.3, -0.25) is 0 Å². The van der Waals surface area contributed by atoms with Crippen LogP contribution in [0.2, 0.25) is 0 Å². The third-order valence-corrected chi connectivity index (χ3v) is 3.35. The van der Waals surface area contributed by atoms with Crippen LogP contribution in [0, 0.1) is 0 Å². The number of fused-ring (bicyclic) bond motifs is 1. The highest BCUT2D eigenvalue weighted by atomic mass is 32.2. The van der Waals surface area contributed by atoms with Gasteiger partial charge in [0.05, 0.1) is 5.52 Å². The third-order valence-electron chi connectivity index (χ3n) is 2.38. The molecule has 2 heterocycles. The van der Waals surface area contributed by atoms with Crippen LogP contribution in [0.15, 0.2) is 53.2 Å². The van der Waals surface area contributed by atoms with E-state index >= 15 is 0 Å². The molecule has 18 heavy (non-hydrogen) atoms. The van der Waals surface area contributed by atoms with Crippen molar-refractivity contribution in [2.45, 2.75) is 10.1 Å². The number of aromatic nitrogens is 4. The summed E-state index contributed by atoms with van der Waals surface area (Å²) in [7, 11) is 0. The van der Waals surface area contributed by atoms with Gasteiger partial charge in [0.25, 0.3) is 0 Å². The molecule has 0 aliphatic heterocycles. The van der Waals surface area contributed by atoms with Crippen LogP contribution in [0.5, 0.6) is 0 Å². The van der Waals surface area contributed by atoms with Crippen molar-refractivity contribution in [2.24, 2.45) is 0 Å². The minimum Gasteiger partial charge on any atom is -0.399 e. The second-order valence-electron chi connectivity index (χ2n) is 3.61. The van der Waals surface area contributed by atoms with Crippen LogP contribution >= 0.6 is 11.8 Å². The maximum Gasteiger partial charge on any atom is 0.117 e. The maximum absolute atomic E-state index is 5.74. The van der Waals surface area contributed by atoms with E-state index < -0.39 is 0 Å². The molecule has 0 bridgehead atoms. The highest BCUT2D eigenvalue weighted by Gasteiger charge is 2.06. The second-order valence-corrected chi connectivity index (χ2v) is 4.61. The zero-order valence-corrected chi connectivity index (χ0v) is 10.1. The molecule has 0 aliphatic carbocycles. The van der Waals surface area contributed by atoms with Gasteiger partial charge in [0.15, 0.2) is 0 Å². The Kier molecular flexibility index (Phi) is 2.77. The van der Waals surface area contributed by atoms with Crippen LogP contribution in [0.25, 0.3) is 10.9 Å². The fraction of sp³-hybridized carbons (Fsp3) is 0. The minimum absolute atomic E-state index is 0.694. The van der Waals surface area contributed by atoms with Gasteiger partial charge in [-0.1, -0.05) is 0 Å². The number of nitrogens with two attached hydrogens (primary N) is 1. The molecule has 0 amide bonds. The van der Waals surface area contributed by atoms with Gasteiger partial charge in [-0.25, -0.2) is 19.9 Å². The van der Waals surface area contributed by atoms with Crippen molar-refractivity contribution in [3.63, 3.8) is 0 Å². The molecule has 0 saturated carbocycles. The summed E-state index contributed by atoms with van der Waals surface area (Å²) in [4.78, 5) is 16.5. The van der Waals surface area contributed by atoms with E-state index in [1.165, 1.54) is 24.4 Å². The van der Waals surface area contributed by atoms with Gasteiger partial charge in [-0.2, -0.15) is 0 Å². The van der Waals surface area contributed by atoms with Crippen LogP contribution in [-0.4, -0.2) is 19.9 Å². The first-order valence-electron chi connectivity index (χ1n) is 5.27. The van der Waals surface area contributed by atoms with Crippen molar-refractivity contribution < 1.29 is 0 Å². The van der Waals surface area contributed by atoms with Gasteiger partial charge in [-0.15, -0.1) is 0 Å². The normalized spacial score (nSPS) is 10.7. The number of rotatable bonds is 2. The lowest BCUT2D eigenvalue weighted by molar-refractivity contribution is 1.03. The SMILES string of the molecule is Nc1ccc2c(Sc3ccncn3)ncnc2c1. The molecule has 0 atom stereocenters. The molecule has 0 fully saturated rings. The van der Waals surface area contributed by atoms with E-state index in [0.29, 0.717) is 5.69 Å². The molecule has 3 rings (SSSR count). The lowest BCUT2D eigenvalue weighted by Gasteiger charge is -2.04. The first-order chi connectivity index (χ1) is 8.83. The topological polar surface area (TPSA) is 77.6 Å². The summed E-state index contributed by atoms with van der Waals surface area (Å²) in [6.07, 6.45) is 4.76. The quantitative estimate of drug-likeness (QED) is 0.558. The molecule has 0 radical (unpaired) electrons. The molecule has 0 saturated heterocycles. The molecule has 2 aromatic heterocycles. The Morgan fingerprint density at radius 2 is 1.94 bits per heavy atom. The fourth-order valence-corrected chi connectivity index (χ4v) is 2.38. The summed E-state index contributed by atoms with van der Waals surface area (Å²) in [5.74, 6) is 0. The summed E-state index contributed by atoms with van der Waals surface area (Å²) < 4.78 is 0. The molecule has 0 aliphatic rings. The Morgan fingerprint density at radius 1 is 1.00 bits per heavy atom. The average molecular weight is 255 g/mol. The first kappa shape index (κ1) is 10.9. The van der Waals surface area contributed by atoms with Crippen molar-refractivity contribution in [2.75, 3.05) is 5.73 Å². The number of benzene rings is 1. The zero-order chi connectivity index (χ0) is 12.4. The molecule has 5 nitrogen and oxygen atoms in total. The van der Waals surface area contributed by atoms with Crippen LogP contribution in [-0.2, 0) is 0 Å². The summed E-state index contributed by atoms with van der Waals surface area (Å²) in [5.41, 5.74) is 7.27. The van der Waals surface area contributed by atoms with Gasteiger partial charge in [0.1, 0.15) is 22.7 Å². The molecular weight excluding hydrogens is 246 g/mol. The van der Waals surface area contributed by atoms with Crippen LogP contribution in [0.4, 0.5) is 5.69 Å². The van der Waals surface area contributed by atoms with Gasteiger partial charge in [0.2, 0.25) is 0 Å². The van der Waals surface area contributed by atoms with Gasteiger partial charge < -0.3 is 5.73 Å². The maximum atomic E-state index is 5.74. The summed E-state index contributed by atoms with van der Waals surface area (Å²) in [6, 6.07) is 7.45. The van der Waals surface area contributed by atoms with Crippen LogP contribution in [0.1, 0.15) is 0 Å². The van der Waals surface area contributed by atoms with E-state index in [0.717, 1.165) is 21.0 Å². The lowest BCUT2D eigenvalue weighted by atomic mass is 10.2. The first-order valence-corrected chi connectivity index (χ1v) is 6.09. The number of hydrogen-bond acceptors (Lipinski definition) is 6. The molecular formula is C12H9N5S. The van der Waals surface area contributed by atoms with E-state index in [4.69, 9.17) is 5.73 Å². The summed E-state index contributed by atoms with van der Waals surface area (Å²) in [6.45, 7) is 0. The van der Waals surface area contributed by atoms with E-state index in [2.05, 4.69) is 19.9 Å². The van der Waals surface area contributed by atoms with E-state index in [-0.39, 0.29) is 0 Å². The summed E-state index contributed by atoms with van der Waals surface area (Å²) >= 11 is 1.48. The number of hydrogen-bond donors (Lipinski definition) is 1. The smallest absolute Gasteiger partial charge is 0.117 e.